The fourth-order valence-corrected chi connectivity index (χ4v) is 4.38. The van der Waals surface area contributed by atoms with Crippen molar-refractivity contribution in [3.63, 3.8) is 0 Å². The van der Waals surface area contributed by atoms with Crippen molar-refractivity contribution in [2.45, 2.75) is 39.5 Å². The van der Waals surface area contributed by atoms with E-state index in [4.69, 9.17) is 10.7 Å². The van der Waals surface area contributed by atoms with Crippen molar-refractivity contribution in [1.29, 1.82) is 0 Å². The summed E-state index contributed by atoms with van der Waals surface area (Å²) in [6.07, 6.45) is 5.87. The van der Waals surface area contributed by atoms with Crippen LogP contribution >= 0.6 is 12.8 Å². The van der Waals surface area contributed by atoms with Crippen molar-refractivity contribution in [3.8, 4) is 0 Å². The molecule has 170 valence electrons. The Labute approximate surface area is 192 Å². The zero-order valence-electron chi connectivity index (χ0n) is 18.3. The molecule has 0 saturated heterocycles. The number of aliphatic imine (C=N–C) groups is 1. The monoisotopic (exact) mass is 459 g/mol. The molecule has 7 heteroatoms. The van der Waals surface area contributed by atoms with Crippen molar-refractivity contribution in [2.75, 3.05) is 6.54 Å². The Morgan fingerprint density at radius 2 is 1.81 bits per heavy atom. The minimum Gasteiger partial charge on any atom is -0.404 e. The molecular formula is C25H28F3N3S. The number of aryl methyl sites for hydroxylation is 1. The fourth-order valence-electron chi connectivity index (χ4n) is 4.27. The summed E-state index contributed by atoms with van der Waals surface area (Å²) in [4.78, 5) is 4.80. The summed E-state index contributed by atoms with van der Waals surface area (Å²) < 4.78 is 44.2. The molecule has 1 unspecified atom stereocenters. The summed E-state index contributed by atoms with van der Waals surface area (Å²) >= 11 is 4.11. The van der Waals surface area contributed by atoms with Gasteiger partial charge in [0.05, 0.1) is 11.4 Å². The highest BCUT2D eigenvalue weighted by atomic mass is 32.1. The molecule has 0 bridgehead atoms. The summed E-state index contributed by atoms with van der Waals surface area (Å²) in [5, 5.41) is 0. The maximum atomic E-state index is 13.9. The van der Waals surface area contributed by atoms with E-state index in [0.717, 1.165) is 40.2 Å². The number of rotatable bonds is 7. The first kappa shape index (κ1) is 24.1. The molecular weight excluding hydrogens is 431 g/mol. The second-order valence-corrected chi connectivity index (χ2v) is 8.53. The van der Waals surface area contributed by atoms with Gasteiger partial charge in [-0.15, -0.1) is 0 Å². The van der Waals surface area contributed by atoms with Gasteiger partial charge in [-0.2, -0.15) is 0 Å². The van der Waals surface area contributed by atoms with Gasteiger partial charge in [0.1, 0.15) is 0 Å². The second kappa shape index (κ2) is 10.4. The van der Waals surface area contributed by atoms with Crippen LogP contribution < -0.4 is 10.5 Å². The van der Waals surface area contributed by atoms with Gasteiger partial charge in [0.25, 0.3) is 0 Å². The molecule has 0 saturated carbocycles. The lowest BCUT2D eigenvalue weighted by atomic mass is 9.64. The van der Waals surface area contributed by atoms with Crippen LogP contribution in [0.5, 0.6) is 0 Å². The lowest BCUT2D eigenvalue weighted by Gasteiger charge is -2.40. The summed E-state index contributed by atoms with van der Waals surface area (Å²) in [5.41, 5.74) is 10.6. The Hall–Kier alpha value is -2.51. The van der Waals surface area contributed by atoms with Gasteiger partial charge in [-0.1, -0.05) is 43.0 Å². The lowest BCUT2D eigenvalue weighted by molar-refractivity contribution is 0.321. The first-order chi connectivity index (χ1) is 15.3. The van der Waals surface area contributed by atoms with Crippen LogP contribution in [0, 0.1) is 29.8 Å². The number of hydrogen-bond acceptors (Lipinski definition) is 4. The van der Waals surface area contributed by atoms with E-state index in [1.807, 2.05) is 44.2 Å². The van der Waals surface area contributed by atoms with Crippen LogP contribution in [0.15, 0.2) is 64.8 Å². The minimum atomic E-state index is -1.45. The van der Waals surface area contributed by atoms with Gasteiger partial charge in [0.2, 0.25) is 0 Å². The Bertz CT molecular complexity index is 1040. The Kier molecular flexibility index (Phi) is 7.85. The highest BCUT2D eigenvalue weighted by Crippen LogP contribution is 2.46. The van der Waals surface area contributed by atoms with E-state index in [9.17, 15) is 13.2 Å². The van der Waals surface area contributed by atoms with Crippen LogP contribution in [-0.2, 0) is 6.42 Å². The first-order valence-electron chi connectivity index (χ1n) is 10.6. The van der Waals surface area contributed by atoms with E-state index in [1.165, 1.54) is 0 Å². The van der Waals surface area contributed by atoms with Gasteiger partial charge in [0, 0.05) is 6.54 Å². The normalized spacial score (nSPS) is 21.2. The van der Waals surface area contributed by atoms with Crippen molar-refractivity contribution in [1.82, 2.24) is 4.72 Å². The molecule has 2 aromatic carbocycles. The van der Waals surface area contributed by atoms with Gasteiger partial charge in [-0.25, -0.2) is 18.2 Å². The highest BCUT2D eigenvalue weighted by Gasteiger charge is 2.38. The number of nitrogens with two attached hydrogens (primary N) is 1. The maximum Gasteiger partial charge on any atom is 0.194 e. The quantitative estimate of drug-likeness (QED) is 0.345. The maximum absolute atomic E-state index is 13.9. The summed E-state index contributed by atoms with van der Waals surface area (Å²) in [6.45, 7) is 4.67. The van der Waals surface area contributed by atoms with E-state index in [-0.39, 0.29) is 0 Å². The number of thiol groups is 1. The van der Waals surface area contributed by atoms with Crippen LogP contribution in [0.4, 0.5) is 18.9 Å². The molecule has 0 fully saturated rings. The van der Waals surface area contributed by atoms with Crippen LogP contribution in [0.3, 0.4) is 0 Å². The molecule has 0 radical (unpaired) electrons. The molecule has 2 aromatic rings. The summed E-state index contributed by atoms with van der Waals surface area (Å²) in [6, 6.07) is 10.0. The Morgan fingerprint density at radius 1 is 1.16 bits per heavy atom. The van der Waals surface area contributed by atoms with E-state index in [1.54, 1.807) is 6.20 Å². The molecule has 0 amide bonds. The standard InChI is InChI=1S/C25H28F3N3S/c1-3-25(13-17-10-21(26)24(28)22(27)11-17)14-18(15-29)23(12-19(25)8-9-30-32)31-20-6-4-16(2)5-7-20/h4-7,10-12,15,30,32H,3,8-9,13-14,29H2,1-2H3. The van der Waals surface area contributed by atoms with Gasteiger partial charge in [-0.05, 0) is 85.7 Å². The molecule has 3 N–H and O–H groups in total. The van der Waals surface area contributed by atoms with E-state index >= 15 is 0 Å². The summed E-state index contributed by atoms with van der Waals surface area (Å²) in [7, 11) is 0. The molecule has 0 heterocycles. The third kappa shape index (κ3) is 5.27. The number of benzene rings is 2. The fraction of sp³-hybridized carbons (Fsp3) is 0.320. The van der Waals surface area contributed by atoms with E-state index in [0.29, 0.717) is 37.8 Å². The van der Waals surface area contributed by atoms with Crippen molar-refractivity contribution < 1.29 is 13.2 Å². The van der Waals surface area contributed by atoms with Gasteiger partial charge in [-0.3, -0.25) is 4.72 Å². The molecule has 0 aliphatic heterocycles. The predicted octanol–water partition coefficient (Wildman–Crippen LogP) is 6.12. The number of hydrogen-bond donors (Lipinski definition) is 3. The number of nitrogens with zero attached hydrogens (tertiary/aromatic N) is 1. The van der Waals surface area contributed by atoms with Crippen molar-refractivity contribution >= 4 is 24.2 Å². The van der Waals surface area contributed by atoms with Gasteiger partial charge in [0.15, 0.2) is 17.5 Å². The van der Waals surface area contributed by atoms with Gasteiger partial charge < -0.3 is 5.73 Å². The predicted molar refractivity (Wildman–Crippen MR) is 128 cm³/mol. The number of nitrogens with one attached hydrogen (secondary N) is 1. The lowest BCUT2D eigenvalue weighted by Crippen LogP contribution is -2.33. The molecule has 1 aliphatic carbocycles. The molecule has 0 aromatic heterocycles. The molecule has 1 aliphatic rings. The Morgan fingerprint density at radius 3 is 2.38 bits per heavy atom. The van der Waals surface area contributed by atoms with E-state index in [2.05, 4.69) is 17.5 Å². The average Bonchev–Trinajstić information content (AvgIpc) is 2.78. The van der Waals surface area contributed by atoms with Crippen LogP contribution in [0.2, 0.25) is 0 Å². The van der Waals surface area contributed by atoms with Crippen LogP contribution in [0.25, 0.3) is 0 Å². The smallest absolute Gasteiger partial charge is 0.194 e. The van der Waals surface area contributed by atoms with Crippen molar-refractivity contribution in [3.05, 3.63) is 88.4 Å². The molecule has 0 spiro atoms. The van der Waals surface area contributed by atoms with Gasteiger partial charge >= 0.3 is 0 Å². The van der Waals surface area contributed by atoms with Crippen molar-refractivity contribution in [2.24, 2.45) is 16.1 Å². The van der Waals surface area contributed by atoms with E-state index < -0.39 is 22.9 Å². The number of halogens is 3. The second-order valence-electron chi connectivity index (χ2n) is 8.21. The molecule has 1 atom stereocenters. The van der Waals surface area contributed by atoms with Crippen LogP contribution in [-0.4, -0.2) is 12.3 Å². The summed E-state index contributed by atoms with van der Waals surface area (Å²) in [5.74, 6) is -3.81. The largest absolute Gasteiger partial charge is 0.404 e. The first-order valence-corrected chi connectivity index (χ1v) is 11.0. The van der Waals surface area contributed by atoms with Crippen LogP contribution in [0.1, 0.15) is 37.3 Å². The third-order valence-electron chi connectivity index (χ3n) is 6.10. The molecule has 32 heavy (non-hydrogen) atoms. The third-order valence-corrected chi connectivity index (χ3v) is 6.33. The highest BCUT2D eigenvalue weighted by molar-refractivity contribution is 7.78. The average molecular weight is 460 g/mol. The molecule has 3 rings (SSSR count). The SMILES string of the molecule is CCC1(Cc2cc(F)c(F)c(F)c2)CC(=CN)C(=Nc2ccc(C)cc2)C=C1CCNS. The number of allylic oxidation sites excluding steroid dienone is 2. The topological polar surface area (TPSA) is 50.4 Å². The molecule has 3 nitrogen and oxygen atoms in total. The zero-order chi connectivity index (χ0) is 23.3. The zero-order valence-corrected chi connectivity index (χ0v) is 19.2. The minimum absolute atomic E-state index is 0.352. The Balaban J connectivity index is 2.07.